The molecule has 1 fully saturated rings. The molecule has 1 amide bonds. The van der Waals surface area contributed by atoms with Crippen molar-refractivity contribution in [2.75, 3.05) is 39.0 Å². The molecule has 0 bridgehead atoms. The number of benzene rings is 2. The average Bonchev–Trinajstić information content (AvgIpc) is 2.76. The number of anilines is 1. The Morgan fingerprint density at radius 1 is 1.23 bits per heavy atom. The number of hydrogen-bond acceptors (Lipinski definition) is 4. The van der Waals surface area contributed by atoms with Gasteiger partial charge in [-0.05, 0) is 75.0 Å². The number of rotatable bonds is 8. The summed E-state index contributed by atoms with van der Waals surface area (Å²) in [7, 11) is 1.51. The van der Waals surface area contributed by atoms with E-state index in [-0.39, 0.29) is 5.91 Å². The molecule has 1 heterocycles. The Morgan fingerprint density at radius 2 is 1.93 bits per heavy atom. The number of amides is 1. The largest absolute Gasteiger partial charge is 0.496 e. The van der Waals surface area contributed by atoms with Gasteiger partial charge in [-0.1, -0.05) is 35.3 Å². The number of methoxy groups -OCH3 is 1. The average molecular weight is 449 g/mol. The minimum Gasteiger partial charge on any atom is -0.496 e. The van der Waals surface area contributed by atoms with Gasteiger partial charge < -0.3 is 20.7 Å². The second kappa shape index (κ2) is 10.9. The molecule has 5 nitrogen and oxygen atoms in total. The SMILES string of the molecule is COc1cc(Cl)c(N)cc1C(=O)NCC1CCN(CC[CH]c2ccc(Cl)cc2)CC1. The molecule has 30 heavy (non-hydrogen) atoms. The van der Waals surface area contributed by atoms with Crippen LogP contribution in [0.5, 0.6) is 5.75 Å². The molecule has 0 atom stereocenters. The molecule has 0 unspecified atom stereocenters. The zero-order valence-corrected chi connectivity index (χ0v) is 18.7. The Kier molecular flexibility index (Phi) is 8.25. The van der Waals surface area contributed by atoms with Gasteiger partial charge in [-0.3, -0.25) is 4.79 Å². The van der Waals surface area contributed by atoms with Crippen molar-refractivity contribution >= 4 is 34.8 Å². The monoisotopic (exact) mass is 448 g/mol. The van der Waals surface area contributed by atoms with Crippen molar-refractivity contribution < 1.29 is 9.53 Å². The number of hydrogen-bond donors (Lipinski definition) is 2. The van der Waals surface area contributed by atoms with Crippen LogP contribution in [0.25, 0.3) is 0 Å². The van der Waals surface area contributed by atoms with Crippen molar-refractivity contribution in [2.24, 2.45) is 5.92 Å². The Morgan fingerprint density at radius 3 is 2.60 bits per heavy atom. The zero-order chi connectivity index (χ0) is 21.5. The number of nitrogen functional groups attached to an aromatic ring is 1. The number of piperidine rings is 1. The lowest BCUT2D eigenvalue weighted by atomic mass is 9.96. The van der Waals surface area contributed by atoms with E-state index in [1.807, 2.05) is 24.3 Å². The number of carbonyl (C=O) groups excluding carboxylic acids is 1. The summed E-state index contributed by atoms with van der Waals surface area (Å²) in [5, 5.41) is 4.16. The van der Waals surface area contributed by atoms with Gasteiger partial charge in [-0.15, -0.1) is 0 Å². The summed E-state index contributed by atoms with van der Waals surface area (Å²) >= 11 is 11.9. The molecule has 3 N–H and O–H groups in total. The first-order valence-corrected chi connectivity index (χ1v) is 10.9. The van der Waals surface area contributed by atoms with Gasteiger partial charge in [0.15, 0.2) is 0 Å². The van der Waals surface area contributed by atoms with E-state index >= 15 is 0 Å². The lowest BCUT2D eigenvalue weighted by molar-refractivity contribution is 0.0933. The Balaban J connectivity index is 1.39. The summed E-state index contributed by atoms with van der Waals surface area (Å²) in [4.78, 5) is 15.1. The van der Waals surface area contributed by atoms with E-state index in [4.69, 9.17) is 33.7 Å². The summed E-state index contributed by atoms with van der Waals surface area (Å²) in [5.41, 5.74) is 7.82. The fourth-order valence-corrected chi connectivity index (χ4v) is 3.96. The predicted octanol–water partition coefficient (Wildman–Crippen LogP) is 4.67. The smallest absolute Gasteiger partial charge is 0.255 e. The van der Waals surface area contributed by atoms with E-state index in [9.17, 15) is 4.79 Å². The molecule has 1 aliphatic rings. The lowest BCUT2D eigenvalue weighted by Gasteiger charge is -2.32. The predicted molar refractivity (Wildman–Crippen MR) is 123 cm³/mol. The number of ether oxygens (including phenoxy) is 1. The normalized spacial score (nSPS) is 15.2. The van der Waals surface area contributed by atoms with Crippen molar-refractivity contribution in [1.82, 2.24) is 10.2 Å². The molecule has 0 spiro atoms. The second-order valence-electron chi connectivity index (χ2n) is 7.61. The van der Waals surface area contributed by atoms with Gasteiger partial charge in [-0.2, -0.15) is 0 Å². The quantitative estimate of drug-likeness (QED) is 0.575. The van der Waals surface area contributed by atoms with Crippen molar-refractivity contribution in [3.63, 3.8) is 0 Å². The molecule has 7 heteroatoms. The Hall–Kier alpha value is -1.95. The van der Waals surface area contributed by atoms with Crippen LogP contribution in [0.2, 0.25) is 10.0 Å². The molecule has 0 saturated carbocycles. The molecular formula is C23H28Cl2N3O2. The van der Waals surface area contributed by atoms with E-state index in [1.165, 1.54) is 12.7 Å². The minimum absolute atomic E-state index is 0.185. The van der Waals surface area contributed by atoms with Gasteiger partial charge in [0.2, 0.25) is 0 Å². The van der Waals surface area contributed by atoms with Gasteiger partial charge in [0.05, 0.1) is 23.4 Å². The van der Waals surface area contributed by atoms with E-state index in [0.29, 0.717) is 34.5 Å². The maximum Gasteiger partial charge on any atom is 0.255 e. The van der Waals surface area contributed by atoms with Crippen LogP contribution < -0.4 is 15.8 Å². The highest BCUT2D eigenvalue weighted by atomic mass is 35.5. The lowest BCUT2D eigenvalue weighted by Crippen LogP contribution is -2.39. The molecule has 161 valence electrons. The summed E-state index contributed by atoms with van der Waals surface area (Å²) in [6, 6.07) is 11.1. The highest BCUT2D eigenvalue weighted by Crippen LogP contribution is 2.29. The van der Waals surface area contributed by atoms with E-state index < -0.39 is 0 Å². The van der Waals surface area contributed by atoms with E-state index in [2.05, 4.69) is 16.6 Å². The van der Waals surface area contributed by atoms with Crippen LogP contribution >= 0.6 is 23.2 Å². The summed E-state index contributed by atoms with van der Waals surface area (Å²) < 4.78 is 5.27. The Bertz CT molecular complexity index is 850. The fraction of sp³-hybridized carbons (Fsp3) is 0.391. The maximum absolute atomic E-state index is 12.6. The number of halogens is 2. The van der Waals surface area contributed by atoms with E-state index in [0.717, 1.165) is 43.9 Å². The fourth-order valence-electron chi connectivity index (χ4n) is 3.68. The molecule has 0 aromatic heterocycles. The number of likely N-dealkylation sites (tertiary alicyclic amines) is 1. The molecule has 1 radical (unpaired) electrons. The van der Waals surface area contributed by atoms with Crippen LogP contribution in [-0.4, -0.2) is 44.1 Å². The third-order valence-corrected chi connectivity index (χ3v) is 6.10. The molecule has 1 saturated heterocycles. The third kappa shape index (κ3) is 6.27. The van der Waals surface area contributed by atoms with Gasteiger partial charge in [-0.25, -0.2) is 0 Å². The first-order valence-electron chi connectivity index (χ1n) is 10.2. The highest BCUT2D eigenvalue weighted by molar-refractivity contribution is 6.33. The molecular weight excluding hydrogens is 421 g/mol. The maximum atomic E-state index is 12.6. The molecule has 2 aromatic rings. The zero-order valence-electron chi connectivity index (χ0n) is 17.2. The molecule has 3 rings (SSSR count). The number of carbonyl (C=O) groups is 1. The van der Waals surface area contributed by atoms with Gasteiger partial charge >= 0.3 is 0 Å². The van der Waals surface area contributed by atoms with E-state index in [1.54, 1.807) is 12.1 Å². The van der Waals surface area contributed by atoms with Crippen LogP contribution in [0.3, 0.4) is 0 Å². The summed E-state index contributed by atoms with van der Waals surface area (Å²) in [6.07, 6.45) is 5.40. The molecule has 1 aliphatic heterocycles. The van der Waals surface area contributed by atoms with Crippen molar-refractivity contribution in [3.05, 3.63) is 64.0 Å². The number of nitrogens with zero attached hydrogens (tertiary/aromatic N) is 1. The van der Waals surface area contributed by atoms with Gasteiger partial charge in [0.1, 0.15) is 5.75 Å². The molecule has 2 aromatic carbocycles. The summed E-state index contributed by atoms with van der Waals surface area (Å²) in [5.74, 6) is 0.717. The number of nitrogens with one attached hydrogen (secondary N) is 1. The minimum atomic E-state index is -0.185. The van der Waals surface area contributed by atoms with Crippen LogP contribution in [-0.2, 0) is 0 Å². The van der Waals surface area contributed by atoms with Crippen molar-refractivity contribution in [1.29, 1.82) is 0 Å². The molecule has 0 aliphatic carbocycles. The standard InChI is InChI=1S/C23H28Cl2N3O2/c1-30-22-14-20(25)21(26)13-19(22)23(29)27-15-17-8-11-28(12-9-17)10-2-3-16-4-6-18(24)7-5-16/h3-7,13-14,17H,2,8-12,15,26H2,1H3,(H,27,29). The topological polar surface area (TPSA) is 67.6 Å². The third-order valence-electron chi connectivity index (χ3n) is 5.52. The Labute approximate surface area is 188 Å². The van der Waals surface area contributed by atoms with Crippen molar-refractivity contribution in [3.8, 4) is 5.75 Å². The van der Waals surface area contributed by atoms with Crippen molar-refractivity contribution in [2.45, 2.75) is 19.3 Å². The van der Waals surface area contributed by atoms with Crippen LogP contribution in [0, 0.1) is 12.3 Å². The van der Waals surface area contributed by atoms with Crippen LogP contribution in [0.1, 0.15) is 35.2 Å². The first-order chi connectivity index (χ1) is 14.5. The first kappa shape index (κ1) is 22.7. The van der Waals surface area contributed by atoms with Gasteiger partial charge in [0, 0.05) is 17.6 Å². The second-order valence-corrected chi connectivity index (χ2v) is 8.46. The van der Waals surface area contributed by atoms with Crippen LogP contribution in [0.15, 0.2) is 36.4 Å². The van der Waals surface area contributed by atoms with Gasteiger partial charge in [0.25, 0.3) is 5.91 Å². The van der Waals surface area contributed by atoms with Crippen LogP contribution in [0.4, 0.5) is 5.69 Å². The summed E-state index contributed by atoms with van der Waals surface area (Å²) in [6.45, 7) is 3.79. The highest BCUT2D eigenvalue weighted by Gasteiger charge is 2.21. The number of nitrogens with two attached hydrogens (primary N) is 1.